The molecule has 0 radical (unpaired) electrons. The van der Waals surface area contributed by atoms with Crippen molar-refractivity contribution in [3.8, 4) is 5.75 Å². The molecule has 1 N–H and O–H groups in total. The molecule has 0 heterocycles. The second kappa shape index (κ2) is 7.92. The maximum atomic E-state index is 12.2. The summed E-state index contributed by atoms with van der Waals surface area (Å²) in [6.45, 7) is 10.6. The van der Waals surface area contributed by atoms with E-state index in [-0.39, 0.29) is 11.3 Å². The fraction of sp³-hybridized carbons (Fsp3) is 0.381. The summed E-state index contributed by atoms with van der Waals surface area (Å²) in [4.78, 5) is 12.2. The van der Waals surface area contributed by atoms with Gasteiger partial charge in [-0.25, -0.2) is 0 Å². The van der Waals surface area contributed by atoms with E-state index in [4.69, 9.17) is 16.3 Å². The van der Waals surface area contributed by atoms with Gasteiger partial charge in [0.2, 0.25) is 5.91 Å². The fourth-order valence-corrected chi connectivity index (χ4v) is 2.74. The van der Waals surface area contributed by atoms with Gasteiger partial charge in [0.25, 0.3) is 0 Å². The molecule has 2 aromatic rings. The second-order valence-corrected chi connectivity index (χ2v) is 8.07. The Morgan fingerprint density at radius 2 is 1.64 bits per heavy atom. The molecule has 25 heavy (non-hydrogen) atoms. The van der Waals surface area contributed by atoms with Crippen molar-refractivity contribution < 1.29 is 9.53 Å². The number of hydrogen-bond acceptors (Lipinski definition) is 2. The third-order valence-electron chi connectivity index (χ3n) is 3.78. The van der Waals surface area contributed by atoms with E-state index in [2.05, 4.69) is 26.1 Å². The van der Waals surface area contributed by atoms with Crippen LogP contribution in [0.25, 0.3) is 0 Å². The highest BCUT2D eigenvalue weighted by Crippen LogP contribution is 2.28. The van der Waals surface area contributed by atoms with Crippen LogP contribution in [-0.2, 0) is 11.4 Å². The van der Waals surface area contributed by atoms with Crippen LogP contribution in [0.3, 0.4) is 0 Å². The van der Waals surface area contributed by atoms with Gasteiger partial charge < -0.3 is 10.1 Å². The lowest BCUT2D eigenvalue weighted by Gasteiger charge is -2.19. The maximum absolute atomic E-state index is 12.2. The van der Waals surface area contributed by atoms with Crippen molar-refractivity contribution in [2.24, 2.45) is 5.41 Å². The largest absolute Gasteiger partial charge is 0.489 e. The Morgan fingerprint density at radius 1 is 1.08 bits per heavy atom. The predicted molar refractivity (Wildman–Crippen MR) is 104 cm³/mol. The van der Waals surface area contributed by atoms with E-state index in [1.165, 1.54) is 0 Å². The molecule has 0 spiro atoms. The molecular formula is C21H26ClNO2. The molecule has 4 heteroatoms. The van der Waals surface area contributed by atoms with Crippen LogP contribution in [0.1, 0.15) is 43.9 Å². The summed E-state index contributed by atoms with van der Waals surface area (Å²) in [6, 6.07) is 11.5. The van der Waals surface area contributed by atoms with Gasteiger partial charge in [-0.15, -0.1) is 0 Å². The Balaban J connectivity index is 2.06. The topological polar surface area (TPSA) is 38.3 Å². The van der Waals surface area contributed by atoms with E-state index >= 15 is 0 Å². The van der Waals surface area contributed by atoms with Crippen molar-refractivity contribution in [2.45, 2.75) is 47.6 Å². The highest BCUT2D eigenvalue weighted by Gasteiger charge is 2.17. The number of nitrogens with one attached hydrogen (secondary N) is 1. The molecule has 134 valence electrons. The average molecular weight is 360 g/mol. The average Bonchev–Trinajstić information content (AvgIpc) is 2.48. The van der Waals surface area contributed by atoms with E-state index in [0.29, 0.717) is 18.1 Å². The molecule has 0 bridgehead atoms. The summed E-state index contributed by atoms with van der Waals surface area (Å²) < 4.78 is 5.88. The van der Waals surface area contributed by atoms with E-state index < -0.39 is 0 Å². The summed E-state index contributed by atoms with van der Waals surface area (Å²) in [7, 11) is 0. The van der Waals surface area contributed by atoms with E-state index in [1.807, 2.05) is 50.2 Å². The minimum Gasteiger partial charge on any atom is -0.489 e. The summed E-state index contributed by atoms with van der Waals surface area (Å²) in [5, 5.41) is 3.75. The summed E-state index contributed by atoms with van der Waals surface area (Å²) >= 11 is 5.89. The quantitative estimate of drug-likeness (QED) is 0.720. The number of carbonyl (C=O) groups is 1. The monoisotopic (exact) mass is 359 g/mol. The Kier molecular flexibility index (Phi) is 6.12. The number of amides is 1. The summed E-state index contributed by atoms with van der Waals surface area (Å²) in [6.07, 6.45) is 0.487. The molecule has 2 rings (SSSR count). The molecule has 0 fully saturated rings. The molecule has 3 nitrogen and oxygen atoms in total. The first kappa shape index (κ1) is 19.3. The first-order valence-corrected chi connectivity index (χ1v) is 8.80. The van der Waals surface area contributed by atoms with Crippen LogP contribution in [0.5, 0.6) is 5.75 Å². The van der Waals surface area contributed by atoms with Crippen LogP contribution in [-0.4, -0.2) is 5.91 Å². The van der Waals surface area contributed by atoms with Gasteiger partial charge in [0.1, 0.15) is 12.4 Å². The number of halogens is 1. The minimum absolute atomic E-state index is 0.0342. The SMILES string of the molecule is Cc1cc(OCc2ccc(Cl)cc2)cc(C)c1NC(=O)CC(C)(C)C. The van der Waals surface area contributed by atoms with Crippen LogP contribution in [0.2, 0.25) is 5.02 Å². The smallest absolute Gasteiger partial charge is 0.224 e. The lowest BCUT2D eigenvalue weighted by molar-refractivity contribution is -0.117. The molecule has 0 unspecified atom stereocenters. The molecule has 0 aromatic heterocycles. The zero-order valence-corrected chi connectivity index (χ0v) is 16.3. The number of ether oxygens (including phenoxy) is 1. The Morgan fingerprint density at radius 3 is 2.16 bits per heavy atom. The molecular weight excluding hydrogens is 334 g/mol. The lowest BCUT2D eigenvalue weighted by atomic mass is 9.92. The number of carbonyl (C=O) groups excluding carboxylic acids is 1. The highest BCUT2D eigenvalue weighted by atomic mass is 35.5. The third-order valence-corrected chi connectivity index (χ3v) is 4.03. The van der Waals surface area contributed by atoms with E-state index in [1.54, 1.807) is 0 Å². The van der Waals surface area contributed by atoms with Gasteiger partial charge in [0.15, 0.2) is 0 Å². The normalized spacial score (nSPS) is 11.3. The highest BCUT2D eigenvalue weighted by molar-refractivity contribution is 6.30. The maximum Gasteiger partial charge on any atom is 0.224 e. The van der Waals surface area contributed by atoms with E-state index in [0.717, 1.165) is 28.1 Å². The molecule has 1 amide bonds. The van der Waals surface area contributed by atoms with Crippen molar-refractivity contribution >= 4 is 23.2 Å². The van der Waals surface area contributed by atoms with Crippen LogP contribution in [0, 0.1) is 19.3 Å². The number of rotatable bonds is 5. The van der Waals surface area contributed by atoms with Crippen LogP contribution in [0.4, 0.5) is 5.69 Å². The number of aryl methyl sites for hydroxylation is 2. The zero-order chi connectivity index (χ0) is 18.6. The Hall–Kier alpha value is -2.00. The van der Waals surface area contributed by atoms with Gasteiger partial charge in [-0.05, 0) is 60.2 Å². The first-order chi connectivity index (χ1) is 11.6. The number of hydrogen-bond donors (Lipinski definition) is 1. The third kappa shape index (κ3) is 6.09. The minimum atomic E-state index is -0.0342. The van der Waals surface area contributed by atoms with Gasteiger partial charge in [0.05, 0.1) is 0 Å². The summed E-state index contributed by atoms with van der Waals surface area (Å²) in [5.41, 5.74) is 3.88. The van der Waals surface area contributed by atoms with E-state index in [9.17, 15) is 4.79 Å². The molecule has 0 saturated heterocycles. The van der Waals surface area contributed by atoms with Crippen molar-refractivity contribution in [1.82, 2.24) is 0 Å². The van der Waals surface area contributed by atoms with Crippen LogP contribution >= 0.6 is 11.6 Å². The van der Waals surface area contributed by atoms with Gasteiger partial charge in [-0.3, -0.25) is 4.79 Å². The standard InChI is InChI=1S/C21H26ClNO2/c1-14-10-18(25-13-16-6-8-17(22)9-7-16)11-15(2)20(14)23-19(24)12-21(3,4)5/h6-11H,12-13H2,1-5H3,(H,23,24). The van der Waals surface area contributed by atoms with Crippen molar-refractivity contribution in [1.29, 1.82) is 0 Å². The molecule has 0 aliphatic carbocycles. The molecule has 0 atom stereocenters. The van der Waals surface area contributed by atoms with Crippen LogP contribution in [0.15, 0.2) is 36.4 Å². The first-order valence-electron chi connectivity index (χ1n) is 8.42. The van der Waals surface area contributed by atoms with Crippen molar-refractivity contribution in [3.05, 3.63) is 58.1 Å². The second-order valence-electron chi connectivity index (χ2n) is 7.63. The fourth-order valence-electron chi connectivity index (χ4n) is 2.62. The molecule has 0 saturated carbocycles. The number of anilines is 1. The Labute approximate surface area is 155 Å². The predicted octanol–water partition coefficient (Wildman–Crippen LogP) is 5.91. The summed E-state index contributed by atoms with van der Waals surface area (Å²) in [5.74, 6) is 0.826. The van der Waals surface area contributed by atoms with Crippen LogP contribution < -0.4 is 10.1 Å². The lowest BCUT2D eigenvalue weighted by Crippen LogP contribution is -2.20. The van der Waals surface area contributed by atoms with Gasteiger partial charge in [-0.2, -0.15) is 0 Å². The zero-order valence-electron chi connectivity index (χ0n) is 15.6. The van der Waals surface area contributed by atoms with Gasteiger partial charge in [0, 0.05) is 17.1 Å². The number of benzene rings is 2. The molecule has 0 aliphatic rings. The van der Waals surface area contributed by atoms with Crippen molar-refractivity contribution in [3.63, 3.8) is 0 Å². The molecule has 2 aromatic carbocycles. The van der Waals surface area contributed by atoms with Crippen molar-refractivity contribution in [2.75, 3.05) is 5.32 Å². The van der Waals surface area contributed by atoms with Gasteiger partial charge in [-0.1, -0.05) is 44.5 Å². The molecule has 0 aliphatic heterocycles. The Bertz CT molecular complexity index is 722. The van der Waals surface area contributed by atoms with Gasteiger partial charge >= 0.3 is 0 Å².